The van der Waals surface area contributed by atoms with Crippen molar-refractivity contribution in [1.82, 2.24) is 34.9 Å². The standard InChI is InChI=1S/C27H30N8O3/c28-27(36)38-21-5-3-19(4-6-21)25-32-24(23-16-30-10-13-37-23)22-15-31-35(26(22)33-25)20-7-11-34(12-8-20)17-18-2-1-9-29-14-18/h1-6,9,14-15,20,23,30H,7-8,10-13,16-17H2,(H2,28,36). The molecule has 5 heterocycles. The van der Waals surface area contributed by atoms with Crippen LogP contribution in [0.15, 0.2) is 55.0 Å². The minimum atomic E-state index is -0.852. The summed E-state index contributed by atoms with van der Waals surface area (Å²) >= 11 is 0. The number of benzene rings is 1. The lowest BCUT2D eigenvalue weighted by atomic mass is 10.0. The third kappa shape index (κ3) is 5.21. The number of hydrogen-bond acceptors (Lipinski definition) is 9. The summed E-state index contributed by atoms with van der Waals surface area (Å²) in [7, 11) is 0. The van der Waals surface area contributed by atoms with Crippen molar-refractivity contribution in [2.75, 3.05) is 32.8 Å². The highest BCUT2D eigenvalue weighted by Gasteiger charge is 2.27. The van der Waals surface area contributed by atoms with E-state index in [-0.39, 0.29) is 12.1 Å². The van der Waals surface area contributed by atoms with E-state index in [2.05, 4.69) is 25.9 Å². The molecule has 2 saturated heterocycles. The second-order valence-corrected chi connectivity index (χ2v) is 9.64. The maximum atomic E-state index is 11.1. The van der Waals surface area contributed by atoms with Crippen molar-refractivity contribution in [1.29, 1.82) is 0 Å². The molecule has 0 bridgehead atoms. The molecule has 0 spiro atoms. The van der Waals surface area contributed by atoms with Crippen molar-refractivity contribution >= 4 is 17.1 Å². The molecule has 3 N–H and O–H groups in total. The normalized spacial score (nSPS) is 19.0. The Hall–Kier alpha value is -3.93. The number of hydrogen-bond donors (Lipinski definition) is 2. The van der Waals surface area contributed by atoms with E-state index in [0.29, 0.717) is 24.7 Å². The Morgan fingerprint density at radius 2 is 1.97 bits per heavy atom. The van der Waals surface area contributed by atoms with E-state index in [0.717, 1.165) is 61.3 Å². The van der Waals surface area contributed by atoms with Gasteiger partial charge in [0.2, 0.25) is 0 Å². The average Bonchev–Trinajstić information content (AvgIpc) is 3.38. The van der Waals surface area contributed by atoms with Gasteiger partial charge in [-0.15, -0.1) is 0 Å². The van der Waals surface area contributed by atoms with Crippen molar-refractivity contribution in [2.24, 2.45) is 5.73 Å². The van der Waals surface area contributed by atoms with E-state index in [1.165, 1.54) is 5.56 Å². The first-order chi connectivity index (χ1) is 18.6. The minimum absolute atomic E-state index is 0.190. The van der Waals surface area contributed by atoms with Gasteiger partial charge in [-0.25, -0.2) is 19.4 Å². The van der Waals surface area contributed by atoms with Gasteiger partial charge in [0.05, 0.1) is 29.9 Å². The largest absolute Gasteiger partial charge is 0.411 e. The Balaban J connectivity index is 1.30. The van der Waals surface area contributed by atoms with Crippen molar-refractivity contribution in [2.45, 2.75) is 31.5 Å². The van der Waals surface area contributed by atoms with Crippen LogP contribution in [0.5, 0.6) is 5.75 Å². The van der Waals surface area contributed by atoms with E-state index in [1.807, 2.05) is 30.6 Å². The number of nitrogens with two attached hydrogens (primary N) is 1. The number of primary amides is 1. The molecular formula is C27H30N8O3. The van der Waals surface area contributed by atoms with Crippen molar-refractivity contribution in [3.8, 4) is 17.1 Å². The highest BCUT2D eigenvalue weighted by atomic mass is 16.5. The molecule has 1 atom stereocenters. The van der Waals surface area contributed by atoms with Gasteiger partial charge in [0.15, 0.2) is 11.5 Å². The van der Waals surface area contributed by atoms with Crippen LogP contribution in [0.25, 0.3) is 22.4 Å². The van der Waals surface area contributed by atoms with Gasteiger partial charge in [-0.1, -0.05) is 6.07 Å². The lowest BCUT2D eigenvalue weighted by Gasteiger charge is -2.32. The monoisotopic (exact) mass is 514 g/mol. The summed E-state index contributed by atoms with van der Waals surface area (Å²) in [5, 5.41) is 9.11. The van der Waals surface area contributed by atoms with Gasteiger partial charge >= 0.3 is 6.09 Å². The second kappa shape index (κ2) is 10.8. The molecule has 2 fully saturated rings. The molecule has 0 radical (unpaired) electrons. The second-order valence-electron chi connectivity index (χ2n) is 9.64. The predicted octanol–water partition coefficient (Wildman–Crippen LogP) is 2.84. The van der Waals surface area contributed by atoms with Crippen molar-refractivity contribution < 1.29 is 14.3 Å². The summed E-state index contributed by atoms with van der Waals surface area (Å²) in [5.74, 6) is 0.938. The molecule has 2 aliphatic rings. The number of nitrogens with zero attached hydrogens (tertiary/aromatic N) is 6. The Kier molecular flexibility index (Phi) is 6.95. The molecule has 2 aliphatic heterocycles. The summed E-state index contributed by atoms with van der Waals surface area (Å²) in [6.07, 6.45) is 6.53. The molecule has 38 heavy (non-hydrogen) atoms. The summed E-state index contributed by atoms with van der Waals surface area (Å²) in [6.45, 7) is 4.96. The smallest absolute Gasteiger partial charge is 0.409 e. The first-order valence-corrected chi connectivity index (χ1v) is 12.9. The molecule has 1 unspecified atom stereocenters. The lowest BCUT2D eigenvalue weighted by Crippen LogP contribution is -2.34. The zero-order valence-electron chi connectivity index (χ0n) is 21.0. The van der Waals surface area contributed by atoms with Crippen molar-refractivity contribution in [3.63, 3.8) is 0 Å². The Labute approximate surface area is 220 Å². The number of rotatable bonds is 6. The molecular weight excluding hydrogens is 484 g/mol. The summed E-state index contributed by atoms with van der Waals surface area (Å²) in [5.41, 5.74) is 8.80. The van der Waals surface area contributed by atoms with Gasteiger partial charge in [0, 0.05) is 50.7 Å². The summed E-state index contributed by atoms with van der Waals surface area (Å²) in [6, 6.07) is 11.3. The number of aromatic nitrogens is 5. The predicted molar refractivity (Wildman–Crippen MR) is 140 cm³/mol. The number of morpholine rings is 1. The van der Waals surface area contributed by atoms with E-state index < -0.39 is 6.09 Å². The molecule has 1 amide bonds. The van der Waals surface area contributed by atoms with E-state index in [1.54, 1.807) is 18.3 Å². The van der Waals surface area contributed by atoms with Gasteiger partial charge in [-0.3, -0.25) is 9.88 Å². The molecule has 11 heteroatoms. The van der Waals surface area contributed by atoms with Gasteiger partial charge < -0.3 is 20.5 Å². The number of carbonyl (C=O) groups is 1. The van der Waals surface area contributed by atoms with Crippen LogP contribution in [-0.4, -0.2) is 68.5 Å². The molecule has 11 nitrogen and oxygen atoms in total. The van der Waals surface area contributed by atoms with E-state index in [9.17, 15) is 4.79 Å². The fraction of sp³-hybridized carbons (Fsp3) is 0.370. The molecule has 0 aliphatic carbocycles. The zero-order valence-corrected chi connectivity index (χ0v) is 21.0. The number of amides is 1. The highest BCUT2D eigenvalue weighted by Crippen LogP contribution is 2.32. The first kappa shape index (κ1) is 24.4. The molecule has 196 valence electrons. The SMILES string of the molecule is NC(=O)Oc1ccc(-c2nc(C3CNCCO3)c3cnn(C4CCN(Cc5cccnc5)CC4)c3n2)cc1. The average molecular weight is 515 g/mol. The highest BCUT2D eigenvalue weighted by molar-refractivity contribution is 5.80. The Morgan fingerprint density at radius 3 is 2.68 bits per heavy atom. The molecule has 6 rings (SSSR count). The lowest BCUT2D eigenvalue weighted by molar-refractivity contribution is 0.0260. The number of likely N-dealkylation sites (tertiary alicyclic amines) is 1. The molecule has 0 saturated carbocycles. The summed E-state index contributed by atoms with van der Waals surface area (Å²) in [4.78, 5) is 27.7. The fourth-order valence-electron chi connectivity index (χ4n) is 5.19. The van der Waals surface area contributed by atoms with Crippen LogP contribution in [-0.2, 0) is 11.3 Å². The quantitative estimate of drug-likeness (QED) is 0.398. The first-order valence-electron chi connectivity index (χ1n) is 12.9. The minimum Gasteiger partial charge on any atom is -0.411 e. The van der Waals surface area contributed by atoms with E-state index in [4.69, 9.17) is 30.3 Å². The Bertz CT molecular complexity index is 1400. The number of fused-ring (bicyclic) bond motifs is 1. The number of pyridine rings is 1. The van der Waals surface area contributed by atoms with Crippen LogP contribution >= 0.6 is 0 Å². The van der Waals surface area contributed by atoms with Crippen molar-refractivity contribution in [3.05, 3.63) is 66.2 Å². The summed E-state index contributed by atoms with van der Waals surface area (Å²) < 4.78 is 13.1. The number of piperidine rings is 1. The third-order valence-corrected chi connectivity index (χ3v) is 7.08. The van der Waals surface area contributed by atoms with Gasteiger partial charge in [-0.05, 0) is 48.7 Å². The maximum absolute atomic E-state index is 11.1. The van der Waals surface area contributed by atoms with Crippen LogP contribution in [0.3, 0.4) is 0 Å². The van der Waals surface area contributed by atoms with E-state index >= 15 is 0 Å². The van der Waals surface area contributed by atoms with Gasteiger partial charge in [0.1, 0.15) is 11.9 Å². The maximum Gasteiger partial charge on any atom is 0.409 e. The van der Waals surface area contributed by atoms with Crippen LogP contribution in [0.4, 0.5) is 4.79 Å². The molecule has 1 aromatic carbocycles. The number of ether oxygens (including phenoxy) is 2. The Morgan fingerprint density at radius 1 is 1.13 bits per heavy atom. The van der Waals surface area contributed by atoms with Gasteiger partial charge in [-0.2, -0.15) is 5.10 Å². The molecule has 4 aromatic rings. The fourth-order valence-corrected chi connectivity index (χ4v) is 5.19. The topological polar surface area (TPSA) is 133 Å². The number of carbonyl (C=O) groups excluding carboxylic acids is 1. The third-order valence-electron chi connectivity index (χ3n) is 7.08. The molecule has 3 aromatic heterocycles. The van der Waals surface area contributed by atoms with Crippen LogP contribution in [0.2, 0.25) is 0 Å². The zero-order chi connectivity index (χ0) is 25.9. The van der Waals surface area contributed by atoms with Crippen LogP contribution in [0.1, 0.15) is 36.2 Å². The van der Waals surface area contributed by atoms with Gasteiger partial charge in [0.25, 0.3) is 0 Å². The van der Waals surface area contributed by atoms with Crippen LogP contribution < -0.4 is 15.8 Å². The van der Waals surface area contributed by atoms with Crippen LogP contribution in [0, 0.1) is 0 Å². The number of nitrogens with one attached hydrogen (secondary N) is 1.